The summed E-state index contributed by atoms with van der Waals surface area (Å²) in [5.41, 5.74) is 2.50. The molecule has 2 aromatic carbocycles. The molecule has 0 heterocycles. The van der Waals surface area contributed by atoms with E-state index in [1.807, 2.05) is 6.92 Å². The van der Waals surface area contributed by atoms with Crippen LogP contribution < -0.4 is 5.32 Å². The molecule has 104 valence electrons. The summed E-state index contributed by atoms with van der Waals surface area (Å²) in [4.78, 5) is 12.2. The highest BCUT2D eigenvalue weighted by Crippen LogP contribution is 2.28. The Balaban J connectivity index is 2.28. The van der Waals surface area contributed by atoms with E-state index in [0.29, 0.717) is 21.8 Å². The molecule has 0 radical (unpaired) electrons. The lowest BCUT2D eigenvalue weighted by molar-refractivity contribution is 0.102. The number of phenolic OH excluding ortho intramolecular Hbond substituents is 1. The van der Waals surface area contributed by atoms with E-state index < -0.39 is 0 Å². The van der Waals surface area contributed by atoms with Crippen molar-refractivity contribution in [2.24, 2.45) is 0 Å². The molecule has 0 aromatic heterocycles. The van der Waals surface area contributed by atoms with Crippen molar-refractivity contribution < 1.29 is 9.90 Å². The van der Waals surface area contributed by atoms with Crippen LogP contribution in [-0.4, -0.2) is 11.0 Å². The summed E-state index contributed by atoms with van der Waals surface area (Å²) < 4.78 is 0.893. The number of hydrogen-bond acceptors (Lipinski definition) is 2. The zero-order valence-electron chi connectivity index (χ0n) is 11.0. The fraction of sp³-hybridized carbons (Fsp3) is 0.133. The van der Waals surface area contributed by atoms with Crippen molar-refractivity contribution in [1.82, 2.24) is 0 Å². The van der Waals surface area contributed by atoms with Crippen LogP contribution in [-0.2, 0) is 0 Å². The van der Waals surface area contributed by atoms with Crippen LogP contribution in [0.2, 0.25) is 5.02 Å². The topological polar surface area (TPSA) is 49.3 Å². The summed E-state index contributed by atoms with van der Waals surface area (Å²) in [6.07, 6.45) is 0. The van der Waals surface area contributed by atoms with Crippen molar-refractivity contribution in [2.75, 3.05) is 5.32 Å². The van der Waals surface area contributed by atoms with Gasteiger partial charge in [-0.2, -0.15) is 0 Å². The van der Waals surface area contributed by atoms with Gasteiger partial charge in [0.1, 0.15) is 5.75 Å². The van der Waals surface area contributed by atoms with Gasteiger partial charge >= 0.3 is 0 Å². The highest BCUT2D eigenvalue weighted by Gasteiger charge is 2.12. The molecule has 0 saturated heterocycles. The molecular weight excluding hydrogens is 389 g/mol. The zero-order chi connectivity index (χ0) is 14.9. The van der Waals surface area contributed by atoms with Gasteiger partial charge in [-0.3, -0.25) is 4.79 Å². The van der Waals surface area contributed by atoms with Crippen LogP contribution in [0.1, 0.15) is 21.5 Å². The second kappa shape index (κ2) is 6.01. The molecular formula is C15H13ClINO2. The highest BCUT2D eigenvalue weighted by atomic mass is 127. The molecule has 0 fully saturated rings. The quantitative estimate of drug-likeness (QED) is 0.727. The maximum absolute atomic E-state index is 12.2. The molecule has 5 heteroatoms. The van der Waals surface area contributed by atoms with E-state index in [-0.39, 0.29) is 11.7 Å². The second-order valence-corrected chi connectivity index (χ2v) is 6.06. The van der Waals surface area contributed by atoms with Crippen LogP contribution in [0.5, 0.6) is 5.75 Å². The molecule has 1 amide bonds. The fourth-order valence-corrected chi connectivity index (χ4v) is 2.32. The Bertz CT molecular complexity index is 686. The standard InChI is InChI=1S/C15H13ClINO2/c1-8-3-6-13(9(2)14(8)19)18-15(20)10-4-5-12(17)11(16)7-10/h3-7,19H,1-2H3,(H,18,20). The molecule has 3 nitrogen and oxygen atoms in total. The maximum Gasteiger partial charge on any atom is 0.255 e. The van der Waals surface area contributed by atoms with E-state index in [0.717, 1.165) is 9.13 Å². The lowest BCUT2D eigenvalue weighted by Gasteiger charge is -2.11. The van der Waals surface area contributed by atoms with E-state index >= 15 is 0 Å². The Morgan fingerprint density at radius 3 is 2.60 bits per heavy atom. The van der Waals surface area contributed by atoms with Crippen molar-refractivity contribution >= 4 is 45.8 Å². The van der Waals surface area contributed by atoms with Crippen LogP contribution in [0.25, 0.3) is 0 Å². The lowest BCUT2D eigenvalue weighted by Crippen LogP contribution is -2.13. The Hall–Kier alpha value is -1.27. The summed E-state index contributed by atoms with van der Waals surface area (Å²) >= 11 is 8.12. The average Bonchev–Trinajstić information content (AvgIpc) is 2.42. The fourth-order valence-electron chi connectivity index (χ4n) is 1.80. The third kappa shape index (κ3) is 3.07. The SMILES string of the molecule is Cc1ccc(NC(=O)c2ccc(I)c(Cl)c2)c(C)c1O. The summed E-state index contributed by atoms with van der Waals surface area (Å²) in [7, 11) is 0. The van der Waals surface area contributed by atoms with Gasteiger partial charge in [-0.05, 0) is 66.3 Å². The van der Waals surface area contributed by atoms with Crippen LogP contribution in [0, 0.1) is 17.4 Å². The van der Waals surface area contributed by atoms with Gasteiger partial charge in [-0.1, -0.05) is 17.7 Å². The third-order valence-corrected chi connectivity index (χ3v) is 4.63. The van der Waals surface area contributed by atoms with Gasteiger partial charge in [0, 0.05) is 20.4 Å². The predicted molar refractivity (Wildman–Crippen MR) is 89.7 cm³/mol. The summed E-state index contributed by atoms with van der Waals surface area (Å²) in [5.74, 6) is -0.0573. The number of aryl methyl sites for hydroxylation is 1. The number of aromatic hydroxyl groups is 1. The van der Waals surface area contributed by atoms with Crippen molar-refractivity contribution in [2.45, 2.75) is 13.8 Å². The summed E-state index contributed by atoms with van der Waals surface area (Å²) in [6, 6.07) is 8.67. The van der Waals surface area contributed by atoms with Crippen molar-refractivity contribution in [3.05, 3.63) is 55.6 Å². The first kappa shape index (κ1) is 15.1. The lowest BCUT2D eigenvalue weighted by atomic mass is 10.1. The van der Waals surface area contributed by atoms with Gasteiger partial charge in [-0.15, -0.1) is 0 Å². The first-order valence-electron chi connectivity index (χ1n) is 5.95. The summed E-state index contributed by atoms with van der Waals surface area (Å²) in [5, 5.41) is 13.2. The molecule has 0 aliphatic rings. The minimum Gasteiger partial charge on any atom is -0.507 e. The number of carbonyl (C=O) groups excluding carboxylic acids is 1. The molecule has 0 aliphatic heterocycles. The Labute approximate surface area is 136 Å². The zero-order valence-corrected chi connectivity index (χ0v) is 13.9. The normalized spacial score (nSPS) is 10.4. The van der Waals surface area contributed by atoms with Gasteiger partial charge in [-0.25, -0.2) is 0 Å². The van der Waals surface area contributed by atoms with Gasteiger partial charge in [0.25, 0.3) is 5.91 Å². The Morgan fingerprint density at radius 2 is 1.95 bits per heavy atom. The number of nitrogens with one attached hydrogen (secondary N) is 1. The Morgan fingerprint density at radius 1 is 1.25 bits per heavy atom. The van der Waals surface area contributed by atoms with E-state index in [1.165, 1.54) is 0 Å². The minimum atomic E-state index is -0.255. The van der Waals surface area contributed by atoms with Crippen molar-refractivity contribution in [1.29, 1.82) is 0 Å². The predicted octanol–water partition coefficient (Wildman–Crippen LogP) is 4.52. The molecule has 0 spiro atoms. The van der Waals surface area contributed by atoms with E-state index in [2.05, 4.69) is 27.9 Å². The molecule has 2 N–H and O–H groups in total. The molecule has 2 aromatic rings. The number of amides is 1. The number of benzene rings is 2. The molecule has 20 heavy (non-hydrogen) atoms. The highest BCUT2D eigenvalue weighted by molar-refractivity contribution is 14.1. The largest absolute Gasteiger partial charge is 0.507 e. The number of anilines is 1. The van der Waals surface area contributed by atoms with Gasteiger partial charge in [0.05, 0.1) is 5.02 Å². The molecule has 0 atom stereocenters. The van der Waals surface area contributed by atoms with Crippen molar-refractivity contribution in [3.63, 3.8) is 0 Å². The number of phenols is 1. The molecule has 0 aliphatic carbocycles. The van der Waals surface area contributed by atoms with Crippen LogP contribution >= 0.6 is 34.2 Å². The van der Waals surface area contributed by atoms with Gasteiger partial charge in [0.2, 0.25) is 0 Å². The second-order valence-electron chi connectivity index (χ2n) is 4.49. The third-order valence-electron chi connectivity index (χ3n) is 3.06. The molecule has 2 rings (SSSR count). The first-order chi connectivity index (χ1) is 9.40. The number of hydrogen-bond donors (Lipinski definition) is 2. The van der Waals surface area contributed by atoms with Crippen molar-refractivity contribution in [3.8, 4) is 5.75 Å². The van der Waals surface area contributed by atoms with Gasteiger partial charge in [0.15, 0.2) is 0 Å². The van der Waals surface area contributed by atoms with Crippen LogP contribution in [0.4, 0.5) is 5.69 Å². The minimum absolute atomic E-state index is 0.198. The summed E-state index contributed by atoms with van der Waals surface area (Å²) in [6.45, 7) is 3.58. The number of halogens is 2. The van der Waals surface area contributed by atoms with Gasteiger partial charge < -0.3 is 10.4 Å². The van der Waals surface area contributed by atoms with E-state index in [4.69, 9.17) is 11.6 Å². The average molecular weight is 402 g/mol. The molecule has 0 bridgehead atoms. The van der Waals surface area contributed by atoms with Crippen LogP contribution in [0.3, 0.4) is 0 Å². The van der Waals surface area contributed by atoms with E-state index in [9.17, 15) is 9.90 Å². The maximum atomic E-state index is 12.2. The molecule has 0 saturated carbocycles. The number of rotatable bonds is 2. The first-order valence-corrected chi connectivity index (χ1v) is 7.41. The van der Waals surface area contributed by atoms with Crippen LogP contribution in [0.15, 0.2) is 30.3 Å². The smallest absolute Gasteiger partial charge is 0.255 e. The molecule has 0 unspecified atom stereocenters. The Kier molecular flexibility index (Phi) is 4.55. The number of carbonyl (C=O) groups is 1. The van der Waals surface area contributed by atoms with E-state index in [1.54, 1.807) is 37.3 Å². The monoisotopic (exact) mass is 401 g/mol.